The van der Waals surface area contributed by atoms with Gasteiger partial charge in [-0.3, -0.25) is 9.48 Å². The summed E-state index contributed by atoms with van der Waals surface area (Å²) in [4.78, 5) is 25.6. The minimum absolute atomic E-state index is 0.120. The number of hydrogen-bond acceptors (Lipinski definition) is 5. The molecule has 1 fully saturated rings. The predicted octanol–water partition coefficient (Wildman–Crippen LogP) is 1.53. The molecule has 27 heavy (non-hydrogen) atoms. The first-order chi connectivity index (χ1) is 12.8. The number of benzene rings is 1. The Morgan fingerprint density at radius 1 is 1.37 bits per heavy atom. The van der Waals surface area contributed by atoms with Gasteiger partial charge in [-0.25, -0.2) is 13.6 Å². The van der Waals surface area contributed by atoms with Gasteiger partial charge in [-0.2, -0.15) is 5.10 Å². The number of anilines is 1. The van der Waals surface area contributed by atoms with Gasteiger partial charge < -0.3 is 20.1 Å². The molecular weight excluding hydrogens is 362 g/mol. The van der Waals surface area contributed by atoms with Gasteiger partial charge in [-0.1, -0.05) is 0 Å². The normalized spacial score (nSPS) is 19.4. The predicted molar refractivity (Wildman–Crippen MR) is 89.5 cm³/mol. The molecule has 2 amide bonds. The Morgan fingerprint density at radius 3 is 2.70 bits per heavy atom. The van der Waals surface area contributed by atoms with E-state index in [0.29, 0.717) is 18.3 Å². The maximum absolute atomic E-state index is 13.1. The van der Waals surface area contributed by atoms with E-state index in [1.165, 1.54) is 11.1 Å². The number of nitrogens with one attached hydrogen (secondary N) is 1. The molecule has 144 valence electrons. The summed E-state index contributed by atoms with van der Waals surface area (Å²) in [5.41, 5.74) is 0.653. The highest BCUT2D eigenvalue weighted by Crippen LogP contribution is 2.29. The van der Waals surface area contributed by atoms with Gasteiger partial charge in [-0.05, 0) is 24.6 Å². The number of nitrogens with zero attached hydrogens (tertiary/aromatic N) is 3. The first-order valence-electron chi connectivity index (χ1n) is 8.29. The maximum atomic E-state index is 13.1. The smallest absolute Gasteiger partial charge is 0.407 e. The van der Waals surface area contributed by atoms with E-state index in [9.17, 15) is 23.5 Å². The van der Waals surface area contributed by atoms with Crippen LogP contribution in [-0.2, 0) is 22.6 Å². The van der Waals surface area contributed by atoms with Crippen LogP contribution < -0.4 is 10.2 Å². The van der Waals surface area contributed by atoms with Crippen molar-refractivity contribution in [2.75, 3.05) is 11.4 Å². The van der Waals surface area contributed by atoms with E-state index in [1.807, 2.05) is 6.92 Å². The van der Waals surface area contributed by atoms with Crippen LogP contribution in [0.3, 0.4) is 0 Å². The number of rotatable bonds is 5. The third-order valence-corrected chi connectivity index (χ3v) is 4.13. The fourth-order valence-corrected chi connectivity index (χ4v) is 2.77. The first-order valence-corrected chi connectivity index (χ1v) is 8.29. The van der Waals surface area contributed by atoms with Crippen molar-refractivity contribution in [2.45, 2.75) is 32.2 Å². The van der Waals surface area contributed by atoms with Crippen LogP contribution in [0.5, 0.6) is 0 Å². The Kier molecular flexibility index (Phi) is 5.08. The lowest BCUT2D eigenvalue weighted by Crippen LogP contribution is -2.46. The molecule has 0 bridgehead atoms. The molecule has 1 aromatic heterocycles. The number of amides is 2. The summed E-state index contributed by atoms with van der Waals surface area (Å²) in [7, 11) is 0. The topological polar surface area (TPSA) is 96.7 Å². The van der Waals surface area contributed by atoms with E-state index in [2.05, 4.69) is 10.4 Å². The zero-order chi connectivity index (χ0) is 19.6. The van der Waals surface area contributed by atoms with Gasteiger partial charge in [0, 0.05) is 38.3 Å². The molecule has 0 spiro atoms. The van der Waals surface area contributed by atoms with Crippen molar-refractivity contribution in [1.82, 2.24) is 15.1 Å². The number of ether oxygens (including phenoxy) is 1. The third kappa shape index (κ3) is 4.05. The van der Waals surface area contributed by atoms with E-state index in [4.69, 9.17) is 4.74 Å². The number of carbonyl (C=O) groups is 2. The van der Waals surface area contributed by atoms with Crippen molar-refractivity contribution in [3.05, 3.63) is 47.8 Å². The lowest BCUT2D eigenvalue weighted by molar-refractivity contribution is -0.175. The number of halogens is 2. The van der Waals surface area contributed by atoms with Gasteiger partial charge in [-0.15, -0.1) is 0 Å². The van der Waals surface area contributed by atoms with E-state index in [0.717, 1.165) is 12.1 Å². The molecule has 1 saturated heterocycles. The average Bonchev–Trinajstić information content (AvgIpc) is 3.18. The second-order valence-electron chi connectivity index (χ2n) is 6.07. The number of carbonyl (C=O) groups excluding carboxylic acids is 2. The first kappa shape index (κ1) is 18.8. The largest absolute Gasteiger partial charge is 0.410 e. The quantitative estimate of drug-likeness (QED) is 0.767. The van der Waals surface area contributed by atoms with Crippen molar-refractivity contribution in [1.29, 1.82) is 0 Å². The molecule has 10 heteroatoms. The van der Waals surface area contributed by atoms with E-state index < -0.39 is 29.4 Å². The van der Waals surface area contributed by atoms with Crippen molar-refractivity contribution in [3.63, 3.8) is 0 Å². The van der Waals surface area contributed by atoms with Gasteiger partial charge in [0.1, 0.15) is 11.6 Å². The molecule has 2 aromatic rings. The maximum Gasteiger partial charge on any atom is 0.410 e. The van der Waals surface area contributed by atoms with Crippen molar-refractivity contribution in [3.8, 4) is 0 Å². The molecule has 8 nitrogen and oxygen atoms in total. The Labute approximate surface area is 153 Å². The lowest BCUT2D eigenvalue weighted by atomic mass is 10.2. The van der Waals surface area contributed by atoms with E-state index >= 15 is 0 Å². The summed E-state index contributed by atoms with van der Waals surface area (Å²) >= 11 is 0. The summed E-state index contributed by atoms with van der Waals surface area (Å²) in [6, 6.07) is 2.80. The van der Waals surface area contributed by atoms with E-state index in [1.54, 1.807) is 10.9 Å². The van der Waals surface area contributed by atoms with Crippen molar-refractivity contribution < 1.29 is 28.2 Å². The number of aryl methyl sites for hydroxylation is 1. The van der Waals surface area contributed by atoms with Crippen LogP contribution in [0.25, 0.3) is 0 Å². The summed E-state index contributed by atoms with van der Waals surface area (Å²) in [6.07, 6.45) is 1.92. The van der Waals surface area contributed by atoms with Crippen molar-refractivity contribution >= 4 is 17.7 Å². The molecule has 1 aromatic carbocycles. The number of aromatic nitrogens is 2. The molecule has 0 aliphatic carbocycles. The molecule has 1 aliphatic rings. The molecule has 3 rings (SSSR count). The van der Waals surface area contributed by atoms with Gasteiger partial charge in [0.15, 0.2) is 0 Å². The minimum Gasteiger partial charge on any atom is -0.407 e. The molecular formula is C17H18F2N4O4. The van der Waals surface area contributed by atoms with Gasteiger partial charge in [0.05, 0.1) is 11.9 Å². The van der Waals surface area contributed by atoms with Crippen LogP contribution in [0.15, 0.2) is 30.6 Å². The number of hydrogen-bond donors (Lipinski definition) is 2. The number of alkyl carbamates (subject to hydrolysis) is 1. The molecule has 2 heterocycles. The average molecular weight is 380 g/mol. The fraction of sp³-hybridized carbons (Fsp3) is 0.353. The zero-order valence-corrected chi connectivity index (χ0v) is 14.5. The zero-order valence-electron chi connectivity index (χ0n) is 14.5. The molecule has 1 aliphatic heterocycles. The lowest BCUT2D eigenvalue weighted by Gasteiger charge is -2.21. The highest BCUT2D eigenvalue weighted by molar-refractivity contribution is 6.01. The molecule has 1 atom stereocenters. The van der Waals surface area contributed by atoms with Gasteiger partial charge in [0.2, 0.25) is 0 Å². The summed E-state index contributed by atoms with van der Waals surface area (Å²) < 4.78 is 32.8. The molecule has 0 radical (unpaired) electrons. The highest BCUT2D eigenvalue weighted by Gasteiger charge is 2.49. The van der Waals surface area contributed by atoms with Crippen LogP contribution in [0, 0.1) is 11.6 Å². The Balaban J connectivity index is 1.60. The van der Waals surface area contributed by atoms with Gasteiger partial charge >= 0.3 is 6.09 Å². The van der Waals surface area contributed by atoms with E-state index in [-0.39, 0.29) is 25.1 Å². The van der Waals surface area contributed by atoms with Gasteiger partial charge in [0.25, 0.3) is 11.7 Å². The third-order valence-electron chi connectivity index (χ3n) is 4.13. The van der Waals surface area contributed by atoms with Crippen LogP contribution in [0.2, 0.25) is 0 Å². The van der Waals surface area contributed by atoms with Crippen LogP contribution in [0.4, 0.5) is 19.3 Å². The second-order valence-corrected chi connectivity index (χ2v) is 6.07. The number of aliphatic hydroxyl groups is 1. The Morgan fingerprint density at radius 2 is 2.07 bits per heavy atom. The van der Waals surface area contributed by atoms with Crippen LogP contribution in [0.1, 0.15) is 18.9 Å². The second kappa shape index (κ2) is 7.31. The molecule has 2 N–H and O–H groups in total. The fourth-order valence-electron chi connectivity index (χ4n) is 2.77. The summed E-state index contributed by atoms with van der Waals surface area (Å²) in [5.74, 6) is -4.67. The standard InChI is InChI=1S/C17H18F2N4O4/c1-2-22-10-14(9-21-22)23-4-3-17(26,15(23)24)27-16(25)20-8-11-5-12(18)7-13(19)6-11/h5-7,9-10,26H,2-4,8H2,1H3,(H,20,25)/t17-/m0/s1. The van der Waals surface area contributed by atoms with Crippen LogP contribution >= 0.6 is 0 Å². The Bertz CT molecular complexity index is 852. The highest BCUT2D eigenvalue weighted by atomic mass is 19.1. The van der Waals surface area contributed by atoms with Crippen LogP contribution in [-0.4, -0.2) is 39.2 Å². The SMILES string of the molecule is CCn1cc(N2CC[C@](O)(OC(=O)NCc3cc(F)cc(F)c3)C2=O)cn1. The monoisotopic (exact) mass is 380 g/mol. The van der Waals surface area contributed by atoms with Crippen molar-refractivity contribution in [2.24, 2.45) is 0 Å². The minimum atomic E-state index is -2.31. The molecule has 0 unspecified atom stereocenters. The Hall–Kier alpha value is -3.01. The summed E-state index contributed by atoms with van der Waals surface area (Å²) in [6.45, 7) is 2.42. The summed E-state index contributed by atoms with van der Waals surface area (Å²) in [5, 5.41) is 16.7. The molecule has 0 saturated carbocycles.